The van der Waals surface area contributed by atoms with Crippen molar-refractivity contribution in [2.24, 2.45) is 0 Å². The number of halogens is 3. The van der Waals surface area contributed by atoms with Gasteiger partial charge in [0.1, 0.15) is 34.5 Å². The first-order chi connectivity index (χ1) is 56.5. The van der Waals surface area contributed by atoms with Crippen LogP contribution >= 0.6 is 47.8 Å². The highest BCUT2D eigenvalue weighted by Crippen LogP contribution is 2.48. The molecule has 0 spiro atoms. The SMILES string of the molecule is COc1ccc(-n2c3ccccc3c3ccccc32)cc1-c1cc(-c2cc(-n3c4ccccc4c4ccccc43)ccc2OC)cc(-c2cc(-n3c4ccccc4c4ccccc43)ccc2OC)c1.COc1ccc(Br)cc1-c1cc(-c2cc(Br)ccc2OC)cc(-c2cc(Br)ccc2OC)c1.[2HH].c1ccc2c(c1)[nH]c1ccccc12. The lowest BCUT2D eigenvalue weighted by Gasteiger charge is -2.19. The van der Waals surface area contributed by atoms with Gasteiger partial charge in [-0.3, -0.25) is 0 Å². The Labute approximate surface area is 692 Å². The minimum Gasteiger partial charge on any atom is -0.496 e. The van der Waals surface area contributed by atoms with Crippen molar-refractivity contribution < 1.29 is 29.8 Å². The summed E-state index contributed by atoms with van der Waals surface area (Å²) < 4.78 is 45.9. The summed E-state index contributed by atoms with van der Waals surface area (Å²) in [5.74, 6) is 4.68. The van der Waals surface area contributed by atoms with Crippen molar-refractivity contribution in [3.8, 4) is 118 Å². The number of nitrogens with zero attached hydrogens (tertiary/aromatic N) is 3. The van der Waals surface area contributed by atoms with Gasteiger partial charge in [0, 0.05) is 119 Å². The van der Waals surface area contributed by atoms with Crippen LogP contribution in [-0.4, -0.2) is 61.3 Å². The smallest absolute Gasteiger partial charge is 0.126 e. The van der Waals surface area contributed by atoms with Crippen LogP contribution in [0.15, 0.2) is 353 Å². The summed E-state index contributed by atoms with van der Waals surface area (Å²) >= 11 is 10.8. The van der Waals surface area contributed by atoms with Gasteiger partial charge in [0.05, 0.1) is 75.8 Å². The number of nitrogens with one attached hydrogen (secondary N) is 1. The van der Waals surface area contributed by atoms with Gasteiger partial charge in [0.15, 0.2) is 0 Å². The van der Waals surface area contributed by atoms with Gasteiger partial charge in [0.25, 0.3) is 0 Å². The Balaban J connectivity index is 0.000000169. The second-order valence-corrected chi connectivity index (χ2v) is 30.9. The molecule has 10 nitrogen and oxygen atoms in total. The average Bonchev–Trinajstić information content (AvgIpc) is 1.54. The van der Waals surface area contributed by atoms with Crippen LogP contribution in [0.2, 0.25) is 0 Å². The Morgan fingerprint density at radius 3 is 0.626 bits per heavy atom. The summed E-state index contributed by atoms with van der Waals surface area (Å²) in [6.07, 6.45) is 0. The molecule has 1 N–H and O–H groups in total. The van der Waals surface area contributed by atoms with Crippen LogP contribution in [0.4, 0.5) is 0 Å². The van der Waals surface area contributed by atoms with Crippen molar-refractivity contribution in [3.05, 3.63) is 353 Å². The van der Waals surface area contributed by atoms with E-state index >= 15 is 0 Å². The van der Waals surface area contributed by atoms with Crippen molar-refractivity contribution in [1.29, 1.82) is 0 Å². The average molecular weight is 1700 g/mol. The predicted octanol–water partition coefficient (Wildman–Crippen LogP) is 28.6. The molecule has 13 heteroatoms. The molecule has 0 aliphatic rings. The Morgan fingerprint density at radius 2 is 0.400 bits per heavy atom. The zero-order valence-corrected chi connectivity index (χ0v) is 68.5. The first-order valence-electron chi connectivity index (χ1n) is 37.8. The van der Waals surface area contributed by atoms with E-state index in [1.165, 1.54) is 54.1 Å². The Kier molecular flexibility index (Phi) is 20.1. The van der Waals surface area contributed by atoms with Gasteiger partial charge in [-0.1, -0.05) is 193 Å². The largest absolute Gasteiger partial charge is 0.496 e. The molecule has 562 valence electrons. The number of ether oxygens (including phenoxy) is 6. The molecule has 0 atom stereocenters. The zero-order valence-electron chi connectivity index (χ0n) is 63.8. The molecule has 0 bridgehead atoms. The van der Waals surface area contributed by atoms with Crippen molar-refractivity contribution in [1.82, 2.24) is 18.7 Å². The molecule has 0 saturated heterocycles. The standard InChI is InChI=1S/C63H45N3O3.C27H21Br3O3.C12H9N.H2/c1-67-61-31-28-43(64-55-22-10-4-16-46(55)47-17-5-11-23-56(47)64)37-52(61)40-34-41(53-38-44(29-32-62(53)68-2)65-57-24-12-6-18-48(57)49-19-7-13-25-58(49)65)36-42(35-40)54-39-45(30-33-63(54)69-3)66-59-26-14-8-20-50(59)51-21-9-15-27-60(51)66;1-31-25-7-4-19(28)13-22(25)16-10-17(23-14-20(29)5-8-26(23)32-2)12-18(11-16)24-15-21(30)6-9-27(24)33-3;1-3-7-11-9(5-1)10-6-2-4-8-12(10)13-11;/h4-39H,1-3H3;4-15H,1-3H3;1-8,13H;1H/i;;;1+1. The maximum Gasteiger partial charge on any atom is 0.126 e. The molecule has 0 aliphatic carbocycles. The molecule has 0 unspecified atom stereocenters. The highest BCUT2D eigenvalue weighted by Gasteiger charge is 2.24. The Morgan fingerprint density at radius 1 is 0.209 bits per heavy atom. The number of methoxy groups -OCH3 is 6. The maximum absolute atomic E-state index is 6.26. The number of hydrogen-bond acceptors (Lipinski definition) is 6. The monoisotopic (exact) mass is 1690 g/mol. The van der Waals surface area contributed by atoms with Crippen LogP contribution in [0.3, 0.4) is 0 Å². The predicted molar refractivity (Wildman–Crippen MR) is 489 cm³/mol. The summed E-state index contributed by atoms with van der Waals surface area (Å²) in [6, 6.07) is 119. The summed E-state index contributed by atoms with van der Waals surface area (Å²) in [7, 11) is 10.3. The van der Waals surface area contributed by atoms with Gasteiger partial charge >= 0.3 is 0 Å². The van der Waals surface area contributed by atoms with Gasteiger partial charge in [0.2, 0.25) is 0 Å². The summed E-state index contributed by atoms with van der Waals surface area (Å²) in [4.78, 5) is 3.38. The number of hydrogen-bond donors (Lipinski definition) is 1. The van der Waals surface area contributed by atoms with Crippen molar-refractivity contribution >= 4 is 135 Å². The molecule has 20 aromatic rings. The van der Waals surface area contributed by atoms with Gasteiger partial charge in [-0.15, -0.1) is 0 Å². The van der Waals surface area contributed by atoms with Crippen LogP contribution in [0.1, 0.15) is 1.43 Å². The molecule has 0 radical (unpaired) electrons. The lowest BCUT2D eigenvalue weighted by molar-refractivity contribution is 0.416. The van der Waals surface area contributed by atoms with Crippen LogP contribution in [0.25, 0.3) is 171 Å². The molecular formula is C102H77Br3N4O6. The maximum atomic E-state index is 6.26. The Bertz CT molecular complexity index is 6340. The summed E-state index contributed by atoms with van der Waals surface area (Å²) in [6.45, 7) is 0. The molecule has 16 aromatic carbocycles. The number of para-hydroxylation sites is 8. The minimum absolute atomic E-state index is 0. The van der Waals surface area contributed by atoms with Crippen LogP contribution < -0.4 is 28.4 Å². The van der Waals surface area contributed by atoms with Gasteiger partial charge in [-0.05, 0) is 228 Å². The minimum atomic E-state index is 0. The topological polar surface area (TPSA) is 86.0 Å². The van der Waals surface area contributed by atoms with Crippen molar-refractivity contribution in [3.63, 3.8) is 0 Å². The number of rotatable bonds is 15. The highest BCUT2D eigenvalue weighted by atomic mass is 79.9. The summed E-state index contributed by atoms with van der Waals surface area (Å²) in [5, 5.41) is 9.86. The lowest BCUT2D eigenvalue weighted by Crippen LogP contribution is -1.99. The second-order valence-electron chi connectivity index (χ2n) is 28.1. The van der Waals surface area contributed by atoms with Gasteiger partial charge < -0.3 is 47.1 Å². The van der Waals surface area contributed by atoms with E-state index in [-0.39, 0.29) is 1.43 Å². The van der Waals surface area contributed by atoms with E-state index in [4.69, 9.17) is 28.4 Å². The number of fused-ring (bicyclic) bond motifs is 12. The number of H-pyrrole nitrogens is 1. The van der Waals surface area contributed by atoms with Crippen LogP contribution in [0, 0.1) is 0 Å². The number of aromatic amines is 1. The van der Waals surface area contributed by atoms with E-state index in [1.54, 1.807) is 42.7 Å². The first kappa shape index (κ1) is 73.4. The van der Waals surface area contributed by atoms with Crippen molar-refractivity contribution in [2.45, 2.75) is 0 Å². The third-order valence-electron chi connectivity index (χ3n) is 21.7. The normalized spacial score (nSPS) is 11.3. The fourth-order valence-electron chi connectivity index (χ4n) is 16.5. The number of aromatic nitrogens is 4. The fraction of sp³-hybridized carbons (Fsp3) is 0.0588. The van der Waals surface area contributed by atoms with Crippen molar-refractivity contribution in [2.75, 3.05) is 42.7 Å². The van der Waals surface area contributed by atoms with E-state index < -0.39 is 0 Å². The zero-order chi connectivity index (χ0) is 78.4. The van der Waals surface area contributed by atoms with E-state index in [0.717, 1.165) is 165 Å². The van der Waals surface area contributed by atoms with Crippen LogP contribution in [0.5, 0.6) is 34.5 Å². The molecule has 4 heterocycles. The molecular weight excluding hydrogens is 1620 g/mol. The molecule has 0 aliphatic heterocycles. The number of benzene rings is 16. The Hall–Kier alpha value is -13.0. The van der Waals surface area contributed by atoms with Crippen LogP contribution in [-0.2, 0) is 0 Å². The molecule has 20 rings (SSSR count). The van der Waals surface area contributed by atoms with E-state index in [2.05, 4.69) is 370 Å². The molecule has 0 amide bonds. The van der Waals surface area contributed by atoms with E-state index in [9.17, 15) is 0 Å². The van der Waals surface area contributed by atoms with Gasteiger partial charge in [-0.2, -0.15) is 0 Å². The molecule has 0 saturated carbocycles. The van der Waals surface area contributed by atoms with E-state index in [1.807, 2.05) is 36.4 Å². The van der Waals surface area contributed by atoms with E-state index in [0.29, 0.717) is 0 Å². The molecule has 115 heavy (non-hydrogen) atoms. The second kappa shape index (κ2) is 31.5. The first-order valence-corrected chi connectivity index (χ1v) is 40.1. The molecule has 4 aromatic heterocycles. The van der Waals surface area contributed by atoms with Gasteiger partial charge in [-0.25, -0.2) is 0 Å². The lowest BCUT2D eigenvalue weighted by atomic mass is 9.91. The highest BCUT2D eigenvalue weighted by molar-refractivity contribution is 9.11. The third-order valence-corrected chi connectivity index (χ3v) is 23.2. The fourth-order valence-corrected chi connectivity index (χ4v) is 17.6. The quantitative estimate of drug-likeness (QED) is 0.110. The molecule has 0 fully saturated rings. The summed E-state index contributed by atoms with van der Waals surface area (Å²) in [5.41, 5.74) is 24.2. The third kappa shape index (κ3) is 13.7.